The van der Waals surface area contributed by atoms with Gasteiger partial charge in [-0.1, -0.05) is 0 Å². The van der Waals surface area contributed by atoms with Crippen molar-refractivity contribution >= 4 is 23.2 Å². The average molecular weight is 360 g/mol. The fourth-order valence-electron chi connectivity index (χ4n) is 5.02. The Hall–Kier alpha value is -1.91. The van der Waals surface area contributed by atoms with Crippen LogP contribution in [-0.2, 0) is 0 Å². The minimum atomic E-state index is -2.06. The second-order valence-electron chi connectivity index (χ2n) is 7.59. The van der Waals surface area contributed by atoms with E-state index in [1.165, 1.54) is 38.5 Å². The standard InChI is InChI=1S/C25H29P/c1-2-7-15-22(14-6-1)26(23-16-8-3-9-17-23,24-18-10-4-11-19-24)25-20-12-5-13-21-25/h3-5,8-13,16-22,26H,1-2,6-7,14-15H2. The normalized spacial score (nSPS) is 16.8. The molecule has 0 saturated heterocycles. The number of hydrogen-bond donors (Lipinski definition) is 0. The summed E-state index contributed by atoms with van der Waals surface area (Å²) in [5.74, 6) is 0. The van der Waals surface area contributed by atoms with E-state index in [-0.39, 0.29) is 0 Å². The van der Waals surface area contributed by atoms with Crippen LogP contribution in [0.1, 0.15) is 38.5 Å². The minimum absolute atomic E-state index is 0.775. The van der Waals surface area contributed by atoms with E-state index in [1.54, 1.807) is 15.9 Å². The van der Waals surface area contributed by atoms with E-state index < -0.39 is 7.26 Å². The van der Waals surface area contributed by atoms with E-state index >= 15 is 0 Å². The van der Waals surface area contributed by atoms with E-state index in [9.17, 15) is 0 Å². The molecule has 0 radical (unpaired) electrons. The summed E-state index contributed by atoms with van der Waals surface area (Å²) in [5, 5.41) is 4.72. The molecule has 0 unspecified atom stereocenters. The summed E-state index contributed by atoms with van der Waals surface area (Å²) in [4.78, 5) is 0. The van der Waals surface area contributed by atoms with Gasteiger partial charge in [0, 0.05) is 0 Å². The topological polar surface area (TPSA) is 0 Å². The maximum atomic E-state index is 2.40. The van der Waals surface area contributed by atoms with Crippen LogP contribution < -0.4 is 15.9 Å². The number of benzene rings is 3. The molecule has 3 aromatic carbocycles. The van der Waals surface area contributed by atoms with Gasteiger partial charge >= 0.3 is 158 Å². The number of rotatable bonds is 4. The van der Waals surface area contributed by atoms with Crippen LogP contribution in [0, 0.1) is 0 Å². The molecule has 1 aliphatic rings. The van der Waals surface area contributed by atoms with Crippen LogP contribution >= 0.6 is 7.26 Å². The third kappa shape index (κ3) is 3.24. The molecule has 1 heteroatoms. The van der Waals surface area contributed by atoms with E-state index in [4.69, 9.17) is 0 Å². The van der Waals surface area contributed by atoms with E-state index in [2.05, 4.69) is 91.0 Å². The first-order valence-electron chi connectivity index (χ1n) is 10.1. The van der Waals surface area contributed by atoms with Gasteiger partial charge in [0.2, 0.25) is 0 Å². The molecule has 26 heavy (non-hydrogen) atoms. The summed E-state index contributed by atoms with van der Waals surface area (Å²) < 4.78 is 0. The first kappa shape index (κ1) is 17.5. The third-order valence-electron chi connectivity index (χ3n) is 6.15. The van der Waals surface area contributed by atoms with Gasteiger partial charge in [0.1, 0.15) is 0 Å². The van der Waals surface area contributed by atoms with Crippen LogP contribution in [0.2, 0.25) is 0 Å². The van der Waals surface area contributed by atoms with Crippen molar-refractivity contribution in [3.05, 3.63) is 91.0 Å². The summed E-state index contributed by atoms with van der Waals surface area (Å²) in [6.45, 7) is 0. The Morgan fingerprint density at radius 2 is 0.808 bits per heavy atom. The van der Waals surface area contributed by atoms with Crippen molar-refractivity contribution in [3.63, 3.8) is 0 Å². The summed E-state index contributed by atoms with van der Waals surface area (Å²) in [7, 11) is -2.06. The Morgan fingerprint density at radius 1 is 0.462 bits per heavy atom. The predicted octanol–water partition coefficient (Wildman–Crippen LogP) is 5.44. The third-order valence-corrected chi connectivity index (χ3v) is 11.7. The van der Waals surface area contributed by atoms with Crippen molar-refractivity contribution in [1.29, 1.82) is 0 Å². The van der Waals surface area contributed by atoms with Gasteiger partial charge in [-0.2, -0.15) is 0 Å². The van der Waals surface area contributed by atoms with Crippen molar-refractivity contribution in [2.45, 2.75) is 44.2 Å². The molecule has 0 aliphatic heterocycles. The monoisotopic (exact) mass is 360 g/mol. The van der Waals surface area contributed by atoms with Crippen LogP contribution in [0.4, 0.5) is 0 Å². The zero-order chi connectivity index (χ0) is 17.7. The summed E-state index contributed by atoms with van der Waals surface area (Å²) in [5.41, 5.74) is 0.775. The summed E-state index contributed by atoms with van der Waals surface area (Å²) >= 11 is 0. The Bertz CT molecular complexity index is 691. The molecule has 0 amide bonds. The Morgan fingerprint density at radius 3 is 1.15 bits per heavy atom. The SMILES string of the molecule is c1ccc([PH](c2ccccc2)(c2ccccc2)C2CCCCCC2)cc1. The Kier molecular flexibility index (Phi) is 5.51. The van der Waals surface area contributed by atoms with Crippen molar-refractivity contribution in [2.75, 3.05) is 0 Å². The summed E-state index contributed by atoms with van der Waals surface area (Å²) in [6, 6.07) is 34.3. The molecule has 0 bridgehead atoms. The second-order valence-corrected chi connectivity index (χ2v) is 11.8. The van der Waals surface area contributed by atoms with Crippen LogP contribution in [0.3, 0.4) is 0 Å². The zero-order valence-electron chi connectivity index (χ0n) is 15.5. The van der Waals surface area contributed by atoms with Crippen molar-refractivity contribution in [1.82, 2.24) is 0 Å². The first-order valence-corrected chi connectivity index (χ1v) is 12.2. The first-order chi connectivity index (χ1) is 12.9. The van der Waals surface area contributed by atoms with Gasteiger partial charge in [-0.15, -0.1) is 0 Å². The molecule has 0 N–H and O–H groups in total. The summed E-state index contributed by atoms with van der Waals surface area (Å²) in [6.07, 6.45) is 8.30. The molecule has 1 aliphatic carbocycles. The van der Waals surface area contributed by atoms with Crippen LogP contribution in [0.5, 0.6) is 0 Å². The fraction of sp³-hybridized carbons (Fsp3) is 0.280. The molecule has 0 atom stereocenters. The molecule has 3 aromatic rings. The van der Waals surface area contributed by atoms with Gasteiger partial charge in [0.05, 0.1) is 0 Å². The van der Waals surface area contributed by atoms with Gasteiger partial charge in [0.15, 0.2) is 0 Å². The van der Waals surface area contributed by atoms with Crippen LogP contribution in [0.15, 0.2) is 91.0 Å². The van der Waals surface area contributed by atoms with Crippen LogP contribution in [-0.4, -0.2) is 5.66 Å². The molecule has 1 fully saturated rings. The van der Waals surface area contributed by atoms with Gasteiger partial charge < -0.3 is 0 Å². The fourth-order valence-corrected chi connectivity index (χ4v) is 10.9. The van der Waals surface area contributed by atoms with Gasteiger partial charge in [-0.25, -0.2) is 0 Å². The van der Waals surface area contributed by atoms with Gasteiger partial charge in [-0.05, 0) is 0 Å². The molecule has 134 valence electrons. The molecule has 1 saturated carbocycles. The number of hydrogen-bond acceptors (Lipinski definition) is 0. The molecule has 4 rings (SSSR count). The quantitative estimate of drug-likeness (QED) is 0.429. The van der Waals surface area contributed by atoms with Gasteiger partial charge in [0.25, 0.3) is 0 Å². The Labute approximate surface area is 158 Å². The van der Waals surface area contributed by atoms with Gasteiger partial charge in [-0.3, -0.25) is 0 Å². The average Bonchev–Trinajstić information content (AvgIpc) is 3.01. The molecule has 0 nitrogen and oxygen atoms in total. The Balaban J connectivity index is 2.00. The van der Waals surface area contributed by atoms with Crippen molar-refractivity contribution in [2.24, 2.45) is 0 Å². The predicted molar refractivity (Wildman–Crippen MR) is 118 cm³/mol. The zero-order valence-corrected chi connectivity index (χ0v) is 16.5. The molecule has 0 heterocycles. The van der Waals surface area contributed by atoms with Crippen molar-refractivity contribution < 1.29 is 0 Å². The molecule has 0 spiro atoms. The second kappa shape index (κ2) is 8.19. The van der Waals surface area contributed by atoms with Crippen LogP contribution in [0.25, 0.3) is 0 Å². The molecule has 0 aromatic heterocycles. The maximum absolute atomic E-state index is 2.40. The van der Waals surface area contributed by atoms with E-state index in [0.29, 0.717) is 0 Å². The van der Waals surface area contributed by atoms with E-state index in [0.717, 1.165) is 5.66 Å². The molecular formula is C25H29P. The van der Waals surface area contributed by atoms with Crippen molar-refractivity contribution in [3.8, 4) is 0 Å². The van der Waals surface area contributed by atoms with E-state index in [1.807, 2.05) is 0 Å². The molecular weight excluding hydrogens is 331 g/mol.